The van der Waals surface area contributed by atoms with E-state index in [1.165, 1.54) is 0 Å². The topological polar surface area (TPSA) is 41.6 Å². The number of nitriles is 1. The van der Waals surface area contributed by atoms with Gasteiger partial charge in [0.2, 0.25) is 0 Å². The average molecular weight is 246 g/mol. The third-order valence-corrected chi connectivity index (χ3v) is 2.98. The van der Waals surface area contributed by atoms with Gasteiger partial charge >= 0.3 is 0 Å². The standard InChI is InChI=1S/C13H12ClN3/c1-9-12(6-7-15)17(2)13(16-9)10-4-3-5-11(14)8-10/h3-5,8H,6H2,1-2H3. The summed E-state index contributed by atoms with van der Waals surface area (Å²) in [6.07, 6.45) is 0.371. The second kappa shape index (κ2) is 4.60. The molecular weight excluding hydrogens is 234 g/mol. The molecule has 0 saturated carbocycles. The summed E-state index contributed by atoms with van der Waals surface area (Å²) < 4.78 is 1.95. The number of hydrogen-bond donors (Lipinski definition) is 0. The molecule has 1 heterocycles. The fourth-order valence-corrected chi connectivity index (χ4v) is 2.07. The third-order valence-electron chi connectivity index (χ3n) is 2.74. The lowest BCUT2D eigenvalue weighted by Crippen LogP contribution is -1.98. The van der Waals surface area contributed by atoms with Gasteiger partial charge in [-0.2, -0.15) is 5.26 Å². The van der Waals surface area contributed by atoms with Crippen molar-refractivity contribution in [2.75, 3.05) is 0 Å². The molecule has 3 nitrogen and oxygen atoms in total. The SMILES string of the molecule is Cc1nc(-c2cccc(Cl)c2)n(C)c1CC#N. The van der Waals surface area contributed by atoms with Crippen molar-refractivity contribution in [1.29, 1.82) is 5.26 Å². The minimum absolute atomic E-state index is 0.371. The molecule has 0 spiro atoms. The van der Waals surface area contributed by atoms with E-state index in [-0.39, 0.29) is 0 Å². The lowest BCUT2D eigenvalue weighted by Gasteiger charge is -2.04. The zero-order valence-electron chi connectivity index (χ0n) is 9.74. The highest BCUT2D eigenvalue weighted by Gasteiger charge is 2.12. The Balaban J connectivity index is 2.54. The molecule has 0 bridgehead atoms. The number of benzene rings is 1. The lowest BCUT2D eigenvalue weighted by atomic mass is 10.2. The molecule has 0 aliphatic carbocycles. The first-order chi connectivity index (χ1) is 8.13. The molecule has 0 atom stereocenters. The fraction of sp³-hybridized carbons (Fsp3) is 0.231. The van der Waals surface area contributed by atoms with Crippen molar-refractivity contribution in [1.82, 2.24) is 9.55 Å². The van der Waals surface area contributed by atoms with Crippen molar-refractivity contribution in [3.63, 3.8) is 0 Å². The average Bonchev–Trinajstić information content (AvgIpc) is 2.57. The molecule has 0 fully saturated rings. The summed E-state index contributed by atoms with van der Waals surface area (Å²) >= 11 is 5.97. The molecule has 2 rings (SSSR count). The van der Waals surface area contributed by atoms with Gasteiger partial charge in [-0.15, -0.1) is 0 Å². The van der Waals surface area contributed by atoms with E-state index >= 15 is 0 Å². The molecular formula is C13H12ClN3. The molecule has 0 radical (unpaired) electrons. The second-order valence-electron chi connectivity index (χ2n) is 3.87. The molecule has 4 heteroatoms. The van der Waals surface area contributed by atoms with Crippen molar-refractivity contribution in [3.05, 3.63) is 40.7 Å². The summed E-state index contributed by atoms with van der Waals surface area (Å²) in [6.45, 7) is 1.92. The number of nitrogens with zero attached hydrogens (tertiary/aromatic N) is 3. The molecule has 0 saturated heterocycles. The van der Waals surface area contributed by atoms with Gasteiger partial charge < -0.3 is 4.57 Å². The normalized spacial score (nSPS) is 10.2. The Hall–Kier alpha value is -1.79. The van der Waals surface area contributed by atoms with Crippen LogP contribution in [0.3, 0.4) is 0 Å². The van der Waals surface area contributed by atoms with E-state index in [9.17, 15) is 0 Å². The van der Waals surface area contributed by atoms with Crippen molar-refractivity contribution >= 4 is 11.6 Å². The summed E-state index contributed by atoms with van der Waals surface area (Å²) in [6, 6.07) is 9.72. The highest BCUT2D eigenvalue weighted by atomic mass is 35.5. The molecule has 0 unspecified atom stereocenters. The molecule has 0 aliphatic heterocycles. The Kier molecular flexibility index (Phi) is 3.16. The van der Waals surface area contributed by atoms with Crippen LogP contribution in [-0.2, 0) is 13.5 Å². The Labute approximate surface area is 105 Å². The molecule has 2 aromatic rings. The van der Waals surface area contributed by atoms with E-state index in [1.54, 1.807) is 0 Å². The number of hydrogen-bond acceptors (Lipinski definition) is 2. The van der Waals surface area contributed by atoms with Gasteiger partial charge in [0.05, 0.1) is 23.9 Å². The van der Waals surface area contributed by atoms with Crippen LogP contribution in [0.2, 0.25) is 5.02 Å². The van der Waals surface area contributed by atoms with Crippen molar-refractivity contribution in [3.8, 4) is 17.5 Å². The maximum atomic E-state index is 8.78. The summed E-state index contributed by atoms with van der Waals surface area (Å²) in [5, 5.41) is 9.47. The van der Waals surface area contributed by atoms with E-state index in [1.807, 2.05) is 42.8 Å². The molecule has 1 aromatic carbocycles. The zero-order chi connectivity index (χ0) is 12.4. The first-order valence-corrected chi connectivity index (χ1v) is 5.66. The van der Waals surface area contributed by atoms with Gasteiger partial charge in [0.25, 0.3) is 0 Å². The Morgan fingerprint density at radius 3 is 2.88 bits per heavy atom. The van der Waals surface area contributed by atoms with E-state index in [2.05, 4.69) is 11.1 Å². The highest BCUT2D eigenvalue weighted by molar-refractivity contribution is 6.30. The molecule has 0 N–H and O–H groups in total. The van der Waals surface area contributed by atoms with Gasteiger partial charge in [-0.25, -0.2) is 4.98 Å². The molecule has 0 aliphatic rings. The maximum Gasteiger partial charge on any atom is 0.140 e. The van der Waals surface area contributed by atoms with E-state index in [4.69, 9.17) is 16.9 Å². The number of halogens is 1. The van der Waals surface area contributed by atoms with Crippen LogP contribution in [0.1, 0.15) is 11.4 Å². The maximum absolute atomic E-state index is 8.78. The highest BCUT2D eigenvalue weighted by Crippen LogP contribution is 2.23. The van der Waals surface area contributed by atoms with Crippen LogP contribution in [0.25, 0.3) is 11.4 Å². The quantitative estimate of drug-likeness (QED) is 0.816. The van der Waals surface area contributed by atoms with E-state index < -0.39 is 0 Å². The fourth-order valence-electron chi connectivity index (χ4n) is 1.88. The van der Waals surface area contributed by atoms with Crippen LogP contribution >= 0.6 is 11.6 Å². The van der Waals surface area contributed by atoms with Gasteiger partial charge in [-0.05, 0) is 19.1 Å². The smallest absolute Gasteiger partial charge is 0.140 e. The number of aryl methyl sites for hydroxylation is 1. The largest absolute Gasteiger partial charge is 0.330 e. The lowest BCUT2D eigenvalue weighted by molar-refractivity contribution is 0.860. The number of aromatic nitrogens is 2. The van der Waals surface area contributed by atoms with Gasteiger partial charge in [0, 0.05) is 17.6 Å². The number of imidazole rings is 1. The van der Waals surface area contributed by atoms with Crippen molar-refractivity contribution < 1.29 is 0 Å². The summed E-state index contributed by atoms with van der Waals surface area (Å²) in [4.78, 5) is 4.49. The zero-order valence-corrected chi connectivity index (χ0v) is 10.5. The van der Waals surface area contributed by atoms with Crippen LogP contribution < -0.4 is 0 Å². The number of rotatable bonds is 2. The van der Waals surface area contributed by atoms with Crippen LogP contribution in [0.15, 0.2) is 24.3 Å². The van der Waals surface area contributed by atoms with Crippen LogP contribution in [-0.4, -0.2) is 9.55 Å². The third kappa shape index (κ3) is 2.17. The molecule has 1 aromatic heterocycles. The van der Waals surface area contributed by atoms with E-state index in [0.29, 0.717) is 11.4 Å². The predicted molar refractivity (Wildman–Crippen MR) is 67.7 cm³/mol. The van der Waals surface area contributed by atoms with E-state index in [0.717, 1.165) is 22.8 Å². The molecule has 17 heavy (non-hydrogen) atoms. The minimum atomic E-state index is 0.371. The first kappa shape index (κ1) is 11.7. The van der Waals surface area contributed by atoms with Gasteiger partial charge in [0.15, 0.2) is 0 Å². The molecule has 86 valence electrons. The molecule has 0 amide bonds. The van der Waals surface area contributed by atoms with Crippen LogP contribution in [0.5, 0.6) is 0 Å². The first-order valence-electron chi connectivity index (χ1n) is 5.28. The Morgan fingerprint density at radius 1 is 1.47 bits per heavy atom. The van der Waals surface area contributed by atoms with Crippen LogP contribution in [0.4, 0.5) is 0 Å². The summed E-state index contributed by atoms with van der Waals surface area (Å²) in [7, 11) is 1.92. The van der Waals surface area contributed by atoms with Crippen molar-refractivity contribution in [2.45, 2.75) is 13.3 Å². The van der Waals surface area contributed by atoms with Gasteiger partial charge in [0.1, 0.15) is 5.82 Å². The summed E-state index contributed by atoms with van der Waals surface area (Å²) in [5.41, 5.74) is 2.80. The van der Waals surface area contributed by atoms with Gasteiger partial charge in [-0.1, -0.05) is 23.7 Å². The van der Waals surface area contributed by atoms with Gasteiger partial charge in [-0.3, -0.25) is 0 Å². The Bertz CT molecular complexity index is 593. The monoisotopic (exact) mass is 245 g/mol. The van der Waals surface area contributed by atoms with Crippen LogP contribution in [0, 0.1) is 18.3 Å². The minimum Gasteiger partial charge on any atom is -0.330 e. The van der Waals surface area contributed by atoms with Crippen molar-refractivity contribution in [2.24, 2.45) is 7.05 Å². The second-order valence-corrected chi connectivity index (χ2v) is 4.31. The summed E-state index contributed by atoms with van der Waals surface area (Å²) in [5.74, 6) is 0.843. The Morgan fingerprint density at radius 2 is 2.24 bits per heavy atom. The predicted octanol–water partition coefficient (Wildman–Crippen LogP) is 3.12.